The molecule has 142 valence electrons. The van der Waals surface area contributed by atoms with E-state index in [9.17, 15) is 14.7 Å². The monoisotopic (exact) mass is 387 g/mol. The summed E-state index contributed by atoms with van der Waals surface area (Å²) in [6.07, 6.45) is 7.76. The number of benzene rings is 1. The van der Waals surface area contributed by atoms with E-state index in [2.05, 4.69) is 16.1 Å². The van der Waals surface area contributed by atoms with E-state index in [-0.39, 0.29) is 5.56 Å². The van der Waals surface area contributed by atoms with Crippen LogP contribution >= 0.6 is 11.6 Å². The highest BCUT2D eigenvalue weighted by Crippen LogP contribution is 2.21. The Hall–Kier alpha value is -2.60. The van der Waals surface area contributed by atoms with Crippen LogP contribution in [0.5, 0.6) is 5.88 Å². The van der Waals surface area contributed by atoms with Gasteiger partial charge in [0.2, 0.25) is 5.88 Å². The maximum atomic E-state index is 12.3. The van der Waals surface area contributed by atoms with Crippen molar-refractivity contribution in [3.8, 4) is 11.6 Å². The number of aromatic hydroxyl groups is 1. The van der Waals surface area contributed by atoms with Crippen LogP contribution in [-0.4, -0.2) is 26.9 Å². The average molecular weight is 388 g/mol. The summed E-state index contributed by atoms with van der Waals surface area (Å²) in [4.78, 5) is 31.2. The zero-order chi connectivity index (χ0) is 19.4. The number of hydrogen-bond donors (Lipinski definition) is 2. The molecule has 0 spiro atoms. The molecule has 0 atom stereocenters. The number of nitrogens with zero attached hydrogens (tertiary/aromatic N) is 2. The topological polar surface area (TPSA) is 87.4 Å². The van der Waals surface area contributed by atoms with Crippen molar-refractivity contribution < 1.29 is 5.11 Å². The zero-order valence-electron chi connectivity index (χ0n) is 15.2. The van der Waals surface area contributed by atoms with Crippen molar-refractivity contribution in [2.45, 2.75) is 39.0 Å². The molecule has 7 heteroatoms. The van der Waals surface area contributed by atoms with Crippen LogP contribution in [0.25, 0.3) is 5.69 Å². The van der Waals surface area contributed by atoms with Crippen LogP contribution in [0.15, 0.2) is 50.5 Å². The Bertz CT molecular complexity index is 1000. The molecule has 0 bridgehead atoms. The van der Waals surface area contributed by atoms with Crippen LogP contribution < -0.4 is 11.2 Å². The highest BCUT2D eigenvalue weighted by atomic mass is 35.5. The molecule has 27 heavy (non-hydrogen) atoms. The number of allylic oxidation sites excluding steroid dienone is 1. The van der Waals surface area contributed by atoms with Gasteiger partial charge in [-0.3, -0.25) is 14.8 Å². The molecule has 1 heterocycles. The first-order valence-electron chi connectivity index (χ1n) is 9.01. The number of halogens is 1. The first kappa shape index (κ1) is 19.2. The van der Waals surface area contributed by atoms with E-state index in [1.807, 2.05) is 0 Å². The van der Waals surface area contributed by atoms with Crippen LogP contribution in [-0.2, 0) is 0 Å². The van der Waals surface area contributed by atoms with Crippen LogP contribution in [0.4, 0.5) is 0 Å². The summed E-state index contributed by atoms with van der Waals surface area (Å²) in [7, 11) is 0. The number of hydrogen-bond acceptors (Lipinski definition) is 4. The maximum absolute atomic E-state index is 12.3. The summed E-state index contributed by atoms with van der Waals surface area (Å²) in [5.41, 5.74) is 0.821. The van der Waals surface area contributed by atoms with Gasteiger partial charge in [0.05, 0.1) is 5.69 Å². The Morgan fingerprint density at radius 1 is 1.26 bits per heavy atom. The van der Waals surface area contributed by atoms with Crippen LogP contribution in [0.2, 0.25) is 5.02 Å². The lowest BCUT2D eigenvalue weighted by molar-refractivity contribution is 0.429. The fourth-order valence-electron chi connectivity index (χ4n) is 3.26. The molecule has 1 aromatic carbocycles. The quantitative estimate of drug-likeness (QED) is 0.607. The lowest BCUT2D eigenvalue weighted by atomic mass is 9.97. The lowest BCUT2D eigenvalue weighted by Gasteiger charge is -2.13. The molecule has 0 aliphatic heterocycles. The van der Waals surface area contributed by atoms with Gasteiger partial charge in [0, 0.05) is 17.3 Å². The largest absolute Gasteiger partial charge is 0.493 e. The number of H-pyrrole nitrogens is 1. The first-order valence-corrected chi connectivity index (χ1v) is 9.38. The van der Waals surface area contributed by atoms with Gasteiger partial charge in [-0.1, -0.05) is 23.3 Å². The number of aromatic amines is 1. The second-order valence-electron chi connectivity index (χ2n) is 6.59. The molecule has 0 amide bonds. The van der Waals surface area contributed by atoms with Gasteiger partial charge in [0.25, 0.3) is 5.56 Å². The highest BCUT2D eigenvalue weighted by molar-refractivity contribution is 6.30. The minimum absolute atomic E-state index is 0.00201. The third-order valence-corrected chi connectivity index (χ3v) is 4.95. The van der Waals surface area contributed by atoms with Crippen molar-refractivity contribution in [2.24, 2.45) is 4.99 Å². The molecule has 0 radical (unpaired) electrons. The molecule has 0 unspecified atom stereocenters. The van der Waals surface area contributed by atoms with Gasteiger partial charge in [-0.2, -0.15) is 0 Å². The van der Waals surface area contributed by atoms with Crippen LogP contribution in [0.1, 0.15) is 44.6 Å². The Kier molecular flexibility index (Phi) is 5.96. The molecule has 2 aromatic rings. The van der Waals surface area contributed by atoms with E-state index in [4.69, 9.17) is 11.6 Å². The standard InChI is InChI=1S/C20H22ClN3O3/c1-13(22-12-11-14-5-3-2-4-6-14)17-18(25)23-20(27)24(19(17)26)16-9-7-15(21)8-10-16/h5,7-10,26H,2-4,6,11-12H2,1H3,(H,23,25,27). The molecule has 1 aliphatic carbocycles. The van der Waals surface area contributed by atoms with Gasteiger partial charge < -0.3 is 5.11 Å². The summed E-state index contributed by atoms with van der Waals surface area (Å²) >= 11 is 5.88. The van der Waals surface area contributed by atoms with Gasteiger partial charge in [-0.15, -0.1) is 0 Å². The van der Waals surface area contributed by atoms with Gasteiger partial charge in [-0.05, 0) is 63.3 Å². The lowest BCUT2D eigenvalue weighted by Crippen LogP contribution is -2.32. The predicted molar refractivity (Wildman–Crippen MR) is 108 cm³/mol. The molecule has 0 fully saturated rings. The van der Waals surface area contributed by atoms with E-state index in [1.165, 1.54) is 18.4 Å². The molecule has 1 aromatic heterocycles. The van der Waals surface area contributed by atoms with Crippen LogP contribution in [0.3, 0.4) is 0 Å². The van der Waals surface area contributed by atoms with Crippen molar-refractivity contribution in [3.63, 3.8) is 0 Å². The number of aliphatic imine (C=N–C) groups is 1. The summed E-state index contributed by atoms with van der Waals surface area (Å²) in [6, 6.07) is 6.39. The minimum atomic E-state index is -0.719. The number of nitrogens with one attached hydrogen (secondary N) is 1. The molecule has 0 saturated heterocycles. The smallest absolute Gasteiger partial charge is 0.335 e. The minimum Gasteiger partial charge on any atom is -0.493 e. The maximum Gasteiger partial charge on any atom is 0.335 e. The van der Waals surface area contributed by atoms with Gasteiger partial charge in [0.15, 0.2) is 0 Å². The highest BCUT2D eigenvalue weighted by Gasteiger charge is 2.17. The van der Waals surface area contributed by atoms with E-state index in [0.29, 0.717) is 23.0 Å². The molecule has 6 nitrogen and oxygen atoms in total. The molecule has 0 saturated carbocycles. The van der Waals surface area contributed by atoms with Gasteiger partial charge in [0.1, 0.15) is 5.56 Å². The molecule has 3 rings (SSSR count). The van der Waals surface area contributed by atoms with Crippen molar-refractivity contribution >= 4 is 17.3 Å². The van der Waals surface area contributed by atoms with Crippen molar-refractivity contribution in [1.29, 1.82) is 0 Å². The molecule has 2 N–H and O–H groups in total. The second-order valence-corrected chi connectivity index (χ2v) is 7.03. The normalized spacial score (nSPS) is 14.9. The Balaban J connectivity index is 1.92. The zero-order valence-corrected chi connectivity index (χ0v) is 15.9. The van der Waals surface area contributed by atoms with Gasteiger partial charge >= 0.3 is 5.69 Å². The number of aromatic nitrogens is 2. The summed E-state index contributed by atoms with van der Waals surface area (Å²) in [6.45, 7) is 2.20. The van der Waals surface area contributed by atoms with Gasteiger partial charge in [-0.25, -0.2) is 9.36 Å². The third-order valence-electron chi connectivity index (χ3n) is 4.70. The first-order chi connectivity index (χ1) is 13.0. The SMILES string of the molecule is CC(=NCCC1=CCCCC1)c1c(O)n(-c2ccc(Cl)cc2)c(=O)[nH]c1=O. The van der Waals surface area contributed by atoms with Crippen molar-refractivity contribution in [2.75, 3.05) is 6.54 Å². The molecular formula is C20H22ClN3O3. The summed E-state index contributed by atoms with van der Waals surface area (Å²) in [5.74, 6) is -0.427. The third kappa shape index (κ3) is 4.39. The van der Waals surface area contributed by atoms with Crippen molar-refractivity contribution in [3.05, 3.63) is 67.3 Å². The Morgan fingerprint density at radius 3 is 2.67 bits per heavy atom. The Labute approximate surface area is 161 Å². The molecule has 1 aliphatic rings. The summed E-state index contributed by atoms with van der Waals surface area (Å²) in [5, 5.41) is 11.1. The van der Waals surface area contributed by atoms with E-state index >= 15 is 0 Å². The van der Waals surface area contributed by atoms with E-state index in [0.717, 1.165) is 23.8 Å². The van der Waals surface area contributed by atoms with E-state index in [1.54, 1.807) is 31.2 Å². The van der Waals surface area contributed by atoms with Crippen LogP contribution in [0, 0.1) is 0 Å². The fraction of sp³-hybridized carbons (Fsp3) is 0.350. The second kappa shape index (κ2) is 8.39. The fourth-order valence-corrected chi connectivity index (χ4v) is 3.38. The number of rotatable bonds is 5. The average Bonchev–Trinajstić information content (AvgIpc) is 2.64. The predicted octanol–water partition coefficient (Wildman–Crippen LogP) is 3.58. The molecular weight excluding hydrogens is 366 g/mol. The van der Waals surface area contributed by atoms with Crippen molar-refractivity contribution in [1.82, 2.24) is 9.55 Å². The summed E-state index contributed by atoms with van der Waals surface area (Å²) < 4.78 is 1.04. The van der Waals surface area contributed by atoms with E-state index < -0.39 is 17.1 Å². The Morgan fingerprint density at radius 2 is 2.00 bits per heavy atom.